The van der Waals surface area contributed by atoms with E-state index in [0.29, 0.717) is 13.2 Å². The van der Waals surface area contributed by atoms with E-state index in [9.17, 15) is 4.79 Å². The van der Waals surface area contributed by atoms with E-state index >= 15 is 0 Å². The third-order valence-corrected chi connectivity index (χ3v) is 2.14. The van der Waals surface area contributed by atoms with Crippen LogP contribution in [0.1, 0.15) is 13.8 Å². The number of nitrogens with one attached hydrogen (secondary N) is 1. The summed E-state index contributed by atoms with van der Waals surface area (Å²) in [4.78, 5) is 11.0. The number of rotatable bonds is 2. The lowest BCUT2D eigenvalue weighted by molar-refractivity contribution is -0.172. The second-order valence-electron chi connectivity index (χ2n) is 3.90. The molecule has 0 saturated heterocycles. The first-order valence-electron chi connectivity index (χ1n) is 5.41. The summed E-state index contributed by atoms with van der Waals surface area (Å²) in [7, 11) is 1.52. The van der Waals surface area contributed by atoms with Crippen LogP contribution < -0.4 is 5.32 Å². The standard InChI is InChI=1S/C11H19NO4/c1-8(2)10-14-6-4-5-9(7-15-10)16-11(13)12-3/h4-5,8-10H,6-7H2,1-3H3,(H,12,13)/b5-4+. The molecule has 0 aliphatic carbocycles. The molecular formula is C11H19NO4. The Bertz CT molecular complexity index is 252. The lowest BCUT2D eigenvalue weighted by Gasteiger charge is -2.25. The van der Waals surface area contributed by atoms with Crippen LogP contribution in [0.3, 0.4) is 0 Å². The van der Waals surface area contributed by atoms with Gasteiger partial charge in [0.1, 0.15) is 6.10 Å². The highest BCUT2D eigenvalue weighted by Gasteiger charge is 2.19. The van der Waals surface area contributed by atoms with Gasteiger partial charge < -0.3 is 19.5 Å². The van der Waals surface area contributed by atoms with Gasteiger partial charge in [0.05, 0.1) is 13.2 Å². The molecule has 92 valence electrons. The van der Waals surface area contributed by atoms with Gasteiger partial charge in [-0.2, -0.15) is 0 Å². The fourth-order valence-electron chi connectivity index (χ4n) is 1.31. The average molecular weight is 229 g/mol. The first kappa shape index (κ1) is 13.0. The van der Waals surface area contributed by atoms with E-state index in [-0.39, 0.29) is 18.3 Å². The maximum atomic E-state index is 11.0. The smallest absolute Gasteiger partial charge is 0.407 e. The van der Waals surface area contributed by atoms with Crippen molar-refractivity contribution in [1.82, 2.24) is 5.32 Å². The third kappa shape index (κ3) is 4.20. The van der Waals surface area contributed by atoms with Crippen molar-refractivity contribution in [1.29, 1.82) is 0 Å². The van der Waals surface area contributed by atoms with Crippen molar-refractivity contribution >= 4 is 6.09 Å². The molecule has 0 aromatic heterocycles. The topological polar surface area (TPSA) is 56.8 Å². The molecule has 1 aliphatic heterocycles. The molecule has 0 aromatic carbocycles. The van der Waals surface area contributed by atoms with Crippen LogP contribution in [0.25, 0.3) is 0 Å². The van der Waals surface area contributed by atoms with Crippen LogP contribution in [0.15, 0.2) is 12.2 Å². The van der Waals surface area contributed by atoms with Gasteiger partial charge in [-0.3, -0.25) is 0 Å². The van der Waals surface area contributed by atoms with Gasteiger partial charge in [-0.05, 0) is 6.08 Å². The van der Waals surface area contributed by atoms with E-state index in [2.05, 4.69) is 5.32 Å². The average Bonchev–Trinajstić information content (AvgIpc) is 2.21. The molecule has 1 aliphatic rings. The zero-order valence-corrected chi connectivity index (χ0v) is 9.93. The number of ether oxygens (including phenoxy) is 3. The minimum absolute atomic E-state index is 0.249. The number of hydrogen-bond acceptors (Lipinski definition) is 4. The Labute approximate surface area is 95.7 Å². The Hall–Kier alpha value is -1.07. The number of carbonyl (C=O) groups is 1. The molecule has 0 aromatic rings. The van der Waals surface area contributed by atoms with Gasteiger partial charge in [-0.25, -0.2) is 4.79 Å². The van der Waals surface area contributed by atoms with Gasteiger partial charge in [0.15, 0.2) is 6.29 Å². The summed E-state index contributed by atoms with van der Waals surface area (Å²) in [6.45, 7) is 4.82. The summed E-state index contributed by atoms with van der Waals surface area (Å²) in [6, 6.07) is 0. The molecule has 0 fully saturated rings. The lowest BCUT2D eigenvalue weighted by Crippen LogP contribution is -2.33. The Morgan fingerprint density at radius 1 is 1.50 bits per heavy atom. The van der Waals surface area contributed by atoms with Crippen molar-refractivity contribution in [3.8, 4) is 0 Å². The molecule has 0 saturated carbocycles. The summed E-state index contributed by atoms with van der Waals surface area (Å²) in [5, 5.41) is 2.40. The first-order chi connectivity index (χ1) is 7.63. The fourth-order valence-corrected chi connectivity index (χ4v) is 1.31. The van der Waals surface area contributed by atoms with Crippen LogP contribution in [-0.4, -0.2) is 38.7 Å². The Morgan fingerprint density at radius 2 is 2.25 bits per heavy atom. The maximum absolute atomic E-state index is 11.0. The number of alkyl carbamates (subject to hydrolysis) is 1. The lowest BCUT2D eigenvalue weighted by atomic mass is 10.2. The third-order valence-electron chi connectivity index (χ3n) is 2.14. The molecule has 5 heteroatoms. The van der Waals surface area contributed by atoms with Crippen LogP contribution in [0.5, 0.6) is 0 Å². The molecule has 1 N–H and O–H groups in total. The number of hydrogen-bond donors (Lipinski definition) is 1. The normalized spacial score (nSPS) is 28.0. The Morgan fingerprint density at radius 3 is 2.88 bits per heavy atom. The quantitative estimate of drug-likeness (QED) is 0.725. The summed E-state index contributed by atoms with van der Waals surface area (Å²) < 4.78 is 16.1. The molecule has 2 unspecified atom stereocenters. The van der Waals surface area contributed by atoms with E-state index in [4.69, 9.17) is 14.2 Å². The summed E-state index contributed by atoms with van der Waals surface area (Å²) in [5.41, 5.74) is 0. The number of carbonyl (C=O) groups excluding carboxylic acids is 1. The monoisotopic (exact) mass is 229 g/mol. The first-order valence-corrected chi connectivity index (χ1v) is 5.41. The maximum Gasteiger partial charge on any atom is 0.407 e. The van der Waals surface area contributed by atoms with Crippen molar-refractivity contribution in [3.05, 3.63) is 12.2 Å². The Kier molecular flexibility index (Phi) is 5.28. The second-order valence-corrected chi connectivity index (χ2v) is 3.90. The van der Waals surface area contributed by atoms with Crippen LogP contribution in [0.2, 0.25) is 0 Å². The van der Waals surface area contributed by atoms with Crippen molar-refractivity contribution in [2.24, 2.45) is 5.92 Å². The van der Waals surface area contributed by atoms with E-state index < -0.39 is 6.09 Å². The summed E-state index contributed by atoms with van der Waals surface area (Å²) in [6.07, 6.45) is 2.55. The predicted octanol–water partition coefficient (Wildman–Crippen LogP) is 1.30. The van der Waals surface area contributed by atoms with Crippen LogP contribution in [0, 0.1) is 5.92 Å². The summed E-state index contributed by atoms with van der Waals surface area (Å²) in [5.74, 6) is 0.271. The summed E-state index contributed by atoms with van der Waals surface area (Å²) >= 11 is 0. The van der Waals surface area contributed by atoms with Crippen molar-refractivity contribution in [3.63, 3.8) is 0 Å². The minimum Gasteiger partial charge on any atom is -0.440 e. The molecule has 16 heavy (non-hydrogen) atoms. The fraction of sp³-hybridized carbons (Fsp3) is 0.727. The molecule has 1 heterocycles. The predicted molar refractivity (Wildman–Crippen MR) is 59.0 cm³/mol. The second kappa shape index (κ2) is 6.50. The van der Waals surface area contributed by atoms with Gasteiger partial charge in [0.2, 0.25) is 0 Å². The molecule has 0 bridgehead atoms. The van der Waals surface area contributed by atoms with Gasteiger partial charge in [-0.15, -0.1) is 0 Å². The largest absolute Gasteiger partial charge is 0.440 e. The molecular weight excluding hydrogens is 210 g/mol. The van der Waals surface area contributed by atoms with E-state index in [0.717, 1.165) is 0 Å². The van der Waals surface area contributed by atoms with Crippen LogP contribution >= 0.6 is 0 Å². The Balaban J connectivity index is 2.48. The number of amides is 1. The van der Waals surface area contributed by atoms with Gasteiger partial charge in [-0.1, -0.05) is 19.9 Å². The zero-order chi connectivity index (χ0) is 12.0. The van der Waals surface area contributed by atoms with Gasteiger partial charge in [0.25, 0.3) is 0 Å². The van der Waals surface area contributed by atoms with Crippen LogP contribution in [-0.2, 0) is 14.2 Å². The zero-order valence-electron chi connectivity index (χ0n) is 9.93. The van der Waals surface area contributed by atoms with Gasteiger partial charge in [0, 0.05) is 13.0 Å². The molecule has 1 rings (SSSR count). The molecule has 2 atom stereocenters. The molecule has 0 spiro atoms. The molecule has 5 nitrogen and oxygen atoms in total. The molecule has 0 radical (unpaired) electrons. The molecule has 1 amide bonds. The van der Waals surface area contributed by atoms with Crippen molar-refractivity contribution in [2.45, 2.75) is 26.2 Å². The van der Waals surface area contributed by atoms with E-state index in [1.807, 2.05) is 19.9 Å². The highest BCUT2D eigenvalue weighted by Crippen LogP contribution is 2.12. The van der Waals surface area contributed by atoms with Crippen LogP contribution in [0.4, 0.5) is 4.79 Å². The SMILES string of the molecule is CNC(=O)OC1/C=C/COC(C(C)C)OC1. The van der Waals surface area contributed by atoms with Crippen molar-refractivity contribution < 1.29 is 19.0 Å². The highest BCUT2D eigenvalue weighted by atomic mass is 16.7. The van der Waals surface area contributed by atoms with E-state index in [1.165, 1.54) is 7.05 Å². The van der Waals surface area contributed by atoms with Gasteiger partial charge >= 0.3 is 6.09 Å². The van der Waals surface area contributed by atoms with Crippen molar-refractivity contribution in [2.75, 3.05) is 20.3 Å². The minimum atomic E-state index is -0.458. The highest BCUT2D eigenvalue weighted by molar-refractivity contribution is 5.67. The van der Waals surface area contributed by atoms with E-state index in [1.54, 1.807) is 6.08 Å².